The second kappa shape index (κ2) is 5.55. The molecular weight excluding hydrogens is 276 g/mol. The highest BCUT2D eigenvalue weighted by Gasteiger charge is 2.11. The fourth-order valence-electron chi connectivity index (χ4n) is 2.36. The quantitative estimate of drug-likeness (QED) is 0.853. The third-order valence-corrected chi connectivity index (χ3v) is 4.01. The van der Waals surface area contributed by atoms with Crippen molar-refractivity contribution in [2.75, 3.05) is 20.6 Å². The van der Waals surface area contributed by atoms with Crippen LogP contribution in [0.25, 0.3) is 10.9 Å². The standard InChI is InChI=1S/C14H20N2O3S/c1-15(2)7-6-12-9-16(3)14-5-4-11(8-13(12)14)10-20(17,18)19/h4-5,8-9H,6-7,10H2,1-3H3,(H,17,18,19). The number of fused-ring (bicyclic) bond motifs is 1. The average Bonchev–Trinajstić information content (AvgIpc) is 2.61. The van der Waals surface area contributed by atoms with E-state index in [1.54, 1.807) is 6.07 Å². The molecule has 1 aromatic heterocycles. The lowest BCUT2D eigenvalue weighted by Crippen LogP contribution is -2.14. The van der Waals surface area contributed by atoms with E-state index < -0.39 is 10.1 Å². The minimum atomic E-state index is -3.99. The Balaban J connectivity index is 2.40. The summed E-state index contributed by atoms with van der Waals surface area (Å²) in [7, 11) is 2.03. The summed E-state index contributed by atoms with van der Waals surface area (Å²) in [5.74, 6) is -0.342. The van der Waals surface area contributed by atoms with Gasteiger partial charge in [0, 0.05) is 30.7 Å². The highest BCUT2D eigenvalue weighted by atomic mass is 32.2. The highest BCUT2D eigenvalue weighted by Crippen LogP contribution is 2.23. The fraction of sp³-hybridized carbons (Fsp3) is 0.429. The lowest BCUT2D eigenvalue weighted by molar-refractivity contribution is 0.414. The van der Waals surface area contributed by atoms with Crippen molar-refractivity contribution in [3.63, 3.8) is 0 Å². The van der Waals surface area contributed by atoms with Gasteiger partial charge < -0.3 is 9.47 Å². The van der Waals surface area contributed by atoms with Crippen molar-refractivity contribution in [3.05, 3.63) is 35.5 Å². The van der Waals surface area contributed by atoms with Crippen molar-refractivity contribution in [3.8, 4) is 0 Å². The predicted octanol–water partition coefficient (Wildman–Crippen LogP) is 1.67. The molecule has 0 aliphatic heterocycles. The van der Waals surface area contributed by atoms with Gasteiger partial charge in [-0.15, -0.1) is 0 Å². The van der Waals surface area contributed by atoms with E-state index in [-0.39, 0.29) is 5.75 Å². The average molecular weight is 296 g/mol. The molecule has 0 amide bonds. The summed E-state index contributed by atoms with van der Waals surface area (Å²) in [6.45, 7) is 0.932. The lowest BCUT2D eigenvalue weighted by Gasteiger charge is -2.08. The van der Waals surface area contributed by atoms with E-state index in [0.717, 1.165) is 23.9 Å². The maximum Gasteiger partial charge on any atom is 0.269 e. The predicted molar refractivity (Wildman–Crippen MR) is 80.4 cm³/mol. The minimum absolute atomic E-state index is 0.342. The minimum Gasteiger partial charge on any atom is -0.350 e. The second-order valence-corrected chi connectivity index (χ2v) is 6.85. The summed E-state index contributed by atoms with van der Waals surface area (Å²) < 4.78 is 33.0. The van der Waals surface area contributed by atoms with Gasteiger partial charge in [-0.3, -0.25) is 4.55 Å². The number of hydrogen-bond donors (Lipinski definition) is 1. The molecule has 1 aromatic carbocycles. The Bertz CT molecular complexity index is 717. The first kappa shape index (κ1) is 15.0. The molecule has 0 unspecified atom stereocenters. The Morgan fingerprint density at radius 2 is 2.00 bits per heavy atom. The van der Waals surface area contributed by atoms with Crippen LogP contribution in [0.2, 0.25) is 0 Å². The van der Waals surface area contributed by atoms with E-state index in [1.807, 2.05) is 37.8 Å². The van der Waals surface area contributed by atoms with Crippen LogP contribution in [-0.2, 0) is 29.3 Å². The first-order valence-electron chi connectivity index (χ1n) is 6.43. The van der Waals surface area contributed by atoms with Crippen LogP contribution in [0, 0.1) is 0 Å². The molecule has 0 radical (unpaired) electrons. The molecule has 0 aliphatic carbocycles. The lowest BCUT2D eigenvalue weighted by atomic mass is 10.1. The van der Waals surface area contributed by atoms with Crippen LogP contribution in [0.3, 0.4) is 0 Å². The molecule has 1 heterocycles. The smallest absolute Gasteiger partial charge is 0.269 e. The van der Waals surface area contributed by atoms with Gasteiger partial charge in [0.2, 0.25) is 0 Å². The van der Waals surface area contributed by atoms with Gasteiger partial charge in [-0.2, -0.15) is 8.42 Å². The third-order valence-electron chi connectivity index (χ3n) is 3.31. The van der Waals surface area contributed by atoms with Crippen molar-refractivity contribution >= 4 is 21.0 Å². The Kier molecular flexibility index (Phi) is 4.17. The monoisotopic (exact) mass is 296 g/mol. The molecule has 6 heteroatoms. The second-order valence-electron chi connectivity index (χ2n) is 5.40. The Morgan fingerprint density at radius 1 is 1.30 bits per heavy atom. The Labute approximate surface area is 119 Å². The van der Waals surface area contributed by atoms with Gasteiger partial charge in [-0.1, -0.05) is 6.07 Å². The van der Waals surface area contributed by atoms with E-state index in [4.69, 9.17) is 4.55 Å². The van der Waals surface area contributed by atoms with Crippen LogP contribution in [-0.4, -0.2) is 43.1 Å². The van der Waals surface area contributed by atoms with Crippen LogP contribution >= 0.6 is 0 Å². The Hall–Kier alpha value is -1.37. The topological polar surface area (TPSA) is 62.5 Å². The number of benzene rings is 1. The summed E-state index contributed by atoms with van der Waals surface area (Å²) in [5.41, 5.74) is 2.86. The van der Waals surface area contributed by atoms with Crippen LogP contribution in [0.4, 0.5) is 0 Å². The summed E-state index contributed by atoms with van der Waals surface area (Å²) in [4.78, 5) is 2.11. The SMILES string of the molecule is CN(C)CCc1cn(C)c2ccc(CS(=O)(=O)O)cc12. The van der Waals surface area contributed by atoms with Crippen LogP contribution in [0.5, 0.6) is 0 Å². The molecule has 5 nitrogen and oxygen atoms in total. The number of rotatable bonds is 5. The van der Waals surface area contributed by atoms with Gasteiger partial charge in [-0.25, -0.2) is 0 Å². The van der Waals surface area contributed by atoms with Gasteiger partial charge in [0.15, 0.2) is 0 Å². The highest BCUT2D eigenvalue weighted by molar-refractivity contribution is 7.85. The van der Waals surface area contributed by atoms with E-state index in [2.05, 4.69) is 11.1 Å². The van der Waals surface area contributed by atoms with Crippen LogP contribution in [0.15, 0.2) is 24.4 Å². The molecule has 2 rings (SSSR count). The molecule has 2 aromatic rings. The number of nitrogens with zero attached hydrogens (tertiary/aromatic N) is 2. The first-order valence-corrected chi connectivity index (χ1v) is 8.04. The zero-order chi connectivity index (χ0) is 14.9. The van der Waals surface area contributed by atoms with Crippen LogP contribution in [0.1, 0.15) is 11.1 Å². The first-order chi connectivity index (χ1) is 9.26. The fourth-order valence-corrected chi connectivity index (χ4v) is 2.97. The number of hydrogen-bond acceptors (Lipinski definition) is 3. The molecule has 0 bridgehead atoms. The summed E-state index contributed by atoms with van der Waals surface area (Å²) in [5, 5.41) is 1.05. The van der Waals surface area contributed by atoms with Crippen molar-refractivity contribution in [1.29, 1.82) is 0 Å². The summed E-state index contributed by atoms with van der Waals surface area (Å²) >= 11 is 0. The van der Waals surface area contributed by atoms with E-state index in [0.29, 0.717) is 5.56 Å². The maximum absolute atomic E-state index is 11.0. The molecule has 0 saturated carbocycles. The summed E-state index contributed by atoms with van der Waals surface area (Å²) in [6, 6.07) is 5.49. The molecule has 0 saturated heterocycles. The van der Waals surface area contributed by atoms with Gasteiger partial charge in [0.25, 0.3) is 10.1 Å². The van der Waals surface area contributed by atoms with Gasteiger partial charge in [0.05, 0.1) is 0 Å². The normalized spacial score (nSPS) is 12.4. The zero-order valence-corrected chi connectivity index (χ0v) is 12.8. The zero-order valence-electron chi connectivity index (χ0n) is 12.0. The molecule has 0 atom stereocenters. The van der Waals surface area contributed by atoms with Crippen molar-refractivity contribution < 1.29 is 13.0 Å². The Morgan fingerprint density at radius 3 is 2.60 bits per heavy atom. The molecule has 20 heavy (non-hydrogen) atoms. The number of aromatic nitrogens is 1. The van der Waals surface area contributed by atoms with Gasteiger partial charge in [0.1, 0.15) is 5.75 Å². The van der Waals surface area contributed by atoms with E-state index >= 15 is 0 Å². The van der Waals surface area contributed by atoms with Gasteiger partial charge in [-0.05, 0) is 43.8 Å². The summed E-state index contributed by atoms with van der Waals surface area (Å²) in [6.07, 6.45) is 2.98. The molecule has 110 valence electrons. The van der Waals surface area contributed by atoms with Crippen molar-refractivity contribution in [2.45, 2.75) is 12.2 Å². The number of likely N-dealkylation sites (N-methyl/N-ethyl adjacent to an activating group) is 1. The van der Waals surface area contributed by atoms with Crippen molar-refractivity contribution in [2.24, 2.45) is 7.05 Å². The molecule has 1 N–H and O–H groups in total. The molecule has 0 spiro atoms. The van der Waals surface area contributed by atoms with Crippen molar-refractivity contribution in [1.82, 2.24) is 9.47 Å². The van der Waals surface area contributed by atoms with Crippen LogP contribution < -0.4 is 0 Å². The molecular formula is C14H20N2O3S. The largest absolute Gasteiger partial charge is 0.350 e. The number of aryl methyl sites for hydroxylation is 1. The molecule has 0 fully saturated rings. The van der Waals surface area contributed by atoms with Gasteiger partial charge >= 0.3 is 0 Å². The van der Waals surface area contributed by atoms with E-state index in [9.17, 15) is 8.42 Å². The third kappa shape index (κ3) is 3.59. The van der Waals surface area contributed by atoms with E-state index in [1.165, 1.54) is 5.56 Å². The molecule has 0 aliphatic rings. The maximum atomic E-state index is 11.0.